The van der Waals surface area contributed by atoms with Crippen LogP contribution in [0.1, 0.15) is 51.9 Å². The minimum absolute atomic E-state index is 0.147. The first kappa shape index (κ1) is 13.4. The minimum atomic E-state index is -0.147. The van der Waals surface area contributed by atoms with Gasteiger partial charge in [-0.15, -0.1) is 0 Å². The van der Waals surface area contributed by atoms with Crippen LogP contribution in [-0.4, -0.2) is 47.3 Å². The van der Waals surface area contributed by atoms with Gasteiger partial charge in [0, 0.05) is 13.1 Å². The average Bonchev–Trinajstić information content (AvgIpc) is 2.40. The van der Waals surface area contributed by atoms with Crippen LogP contribution in [0.25, 0.3) is 0 Å². The van der Waals surface area contributed by atoms with Crippen LogP contribution >= 0.6 is 0 Å². The Labute approximate surface area is 109 Å². The number of hydrogen-bond donors (Lipinski definition) is 0. The highest BCUT2D eigenvalue weighted by molar-refractivity contribution is 5.95. The normalized spacial score (nSPS) is 24.4. The first-order chi connectivity index (χ1) is 8.74. The van der Waals surface area contributed by atoms with Crippen molar-refractivity contribution in [1.29, 1.82) is 0 Å². The van der Waals surface area contributed by atoms with Crippen LogP contribution < -0.4 is 0 Å². The number of piperazine rings is 1. The third-order valence-electron chi connectivity index (χ3n) is 4.03. The van der Waals surface area contributed by atoms with Gasteiger partial charge in [-0.3, -0.25) is 9.59 Å². The number of nitrogens with zero attached hydrogens (tertiary/aromatic N) is 2. The van der Waals surface area contributed by atoms with Crippen LogP contribution in [0.5, 0.6) is 0 Å². The Bertz CT molecular complexity index is 317. The van der Waals surface area contributed by atoms with Crippen molar-refractivity contribution >= 4 is 11.8 Å². The summed E-state index contributed by atoms with van der Waals surface area (Å²) >= 11 is 0. The Morgan fingerprint density at radius 2 is 2.00 bits per heavy atom. The van der Waals surface area contributed by atoms with Crippen molar-refractivity contribution in [3.63, 3.8) is 0 Å². The molecule has 0 aromatic rings. The summed E-state index contributed by atoms with van der Waals surface area (Å²) in [6.45, 7) is 4.02. The van der Waals surface area contributed by atoms with E-state index in [1.165, 1.54) is 12.8 Å². The second kappa shape index (κ2) is 6.21. The van der Waals surface area contributed by atoms with Gasteiger partial charge < -0.3 is 9.80 Å². The maximum absolute atomic E-state index is 12.3. The highest BCUT2D eigenvalue weighted by Crippen LogP contribution is 2.23. The maximum atomic E-state index is 12.3. The summed E-state index contributed by atoms with van der Waals surface area (Å²) in [4.78, 5) is 27.9. The first-order valence-electron chi connectivity index (χ1n) is 7.32. The van der Waals surface area contributed by atoms with Crippen molar-refractivity contribution in [2.24, 2.45) is 0 Å². The molecule has 2 rings (SSSR count). The van der Waals surface area contributed by atoms with Gasteiger partial charge in [-0.1, -0.05) is 26.2 Å². The van der Waals surface area contributed by atoms with Crippen molar-refractivity contribution in [3.05, 3.63) is 0 Å². The summed E-state index contributed by atoms with van der Waals surface area (Å²) in [5, 5.41) is 0. The van der Waals surface area contributed by atoms with Gasteiger partial charge in [0.25, 0.3) is 0 Å². The molecule has 2 aliphatic rings. The molecule has 0 aromatic carbocycles. The highest BCUT2D eigenvalue weighted by atomic mass is 16.2. The smallest absolute Gasteiger partial charge is 0.245 e. The summed E-state index contributed by atoms with van der Waals surface area (Å²) in [6, 6.07) is -0.147. The maximum Gasteiger partial charge on any atom is 0.245 e. The molecule has 0 saturated carbocycles. The van der Waals surface area contributed by atoms with Crippen molar-refractivity contribution in [1.82, 2.24) is 9.80 Å². The molecule has 2 heterocycles. The van der Waals surface area contributed by atoms with Crippen LogP contribution in [0.3, 0.4) is 0 Å². The molecule has 0 aliphatic carbocycles. The lowest BCUT2D eigenvalue weighted by Crippen LogP contribution is -2.61. The van der Waals surface area contributed by atoms with Crippen LogP contribution in [0.15, 0.2) is 0 Å². The fraction of sp³-hybridized carbons (Fsp3) is 0.857. The zero-order chi connectivity index (χ0) is 13.0. The quantitative estimate of drug-likeness (QED) is 0.700. The molecule has 2 saturated heterocycles. The third kappa shape index (κ3) is 2.85. The molecule has 4 nitrogen and oxygen atoms in total. The number of fused-ring (bicyclic) bond motifs is 1. The van der Waals surface area contributed by atoms with E-state index in [0.717, 1.165) is 45.2 Å². The van der Waals surface area contributed by atoms with E-state index in [1.807, 2.05) is 0 Å². The van der Waals surface area contributed by atoms with Crippen LogP contribution in [-0.2, 0) is 9.59 Å². The molecular weight excluding hydrogens is 228 g/mol. The summed E-state index contributed by atoms with van der Waals surface area (Å²) in [5.41, 5.74) is 0. The number of carbonyl (C=O) groups is 2. The summed E-state index contributed by atoms with van der Waals surface area (Å²) in [5.74, 6) is 0.334. The van der Waals surface area contributed by atoms with Gasteiger partial charge in [0.2, 0.25) is 11.8 Å². The van der Waals surface area contributed by atoms with Gasteiger partial charge in [-0.2, -0.15) is 0 Å². The van der Waals surface area contributed by atoms with E-state index in [9.17, 15) is 9.59 Å². The number of unbranched alkanes of at least 4 members (excludes halogenated alkanes) is 3. The van der Waals surface area contributed by atoms with Crippen LogP contribution in [0.2, 0.25) is 0 Å². The van der Waals surface area contributed by atoms with Gasteiger partial charge in [-0.05, 0) is 25.7 Å². The second-order valence-corrected chi connectivity index (χ2v) is 5.42. The fourth-order valence-electron chi connectivity index (χ4n) is 2.95. The van der Waals surface area contributed by atoms with Crippen molar-refractivity contribution in [3.8, 4) is 0 Å². The molecule has 0 N–H and O–H groups in total. The Balaban J connectivity index is 1.88. The van der Waals surface area contributed by atoms with E-state index in [2.05, 4.69) is 6.92 Å². The molecule has 0 spiro atoms. The van der Waals surface area contributed by atoms with E-state index in [1.54, 1.807) is 9.80 Å². The predicted octanol–water partition coefficient (Wildman–Crippen LogP) is 1.79. The Kier molecular flexibility index (Phi) is 4.61. The predicted molar refractivity (Wildman–Crippen MR) is 70.1 cm³/mol. The molecule has 102 valence electrons. The van der Waals surface area contributed by atoms with E-state index in [-0.39, 0.29) is 17.9 Å². The Morgan fingerprint density at radius 3 is 2.78 bits per heavy atom. The Morgan fingerprint density at radius 1 is 1.17 bits per heavy atom. The number of amides is 2. The van der Waals surface area contributed by atoms with Crippen molar-refractivity contribution in [2.75, 3.05) is 19.6 Å². The standard InChI is InChI=1S/C14H24N2O2/c1-2-3-4-6-9-15-11-13(17)16-10-7-5-8-12(16)14(15)18/h12H,2-11H2,1H3. The number of hydrogen-bond acceptors (Lipinski definition) is 2. The largest absolute Gasteiger partial charge is 0.332 e. The first-order valence-corrected chi connectivity index (χ1v) is 7.32. The molecule has 2 amide bonds. The summed E-state index contributed by atoms with van der Waals surface area (Å²) < 4.78 is 0. The van der Waals surface area contributed by atoms with E-state index >= 15 is 0 Å². The van der Waals surface area contributed by atoms with Gasteiger partial charge in [0.15, 0.2) is 0 Å². The number of carbonyl (C=O) groups excluding carboxylic acids is 2. The highest BCUT2D eigenvalue weighted by Gasteiger charge is 2.39. The molecule has 2 aliphatic heterocycles. The van der Waals surface area contributed by atoms with Gasteiger partial charge in [-0.25, -0.2) is 0 Å². The molecule has 0 radical (unpaired) electrons. The van der Waals surface area contributed by atoms with Crippen LogP contribution in [0.4, 0.5) is 0 Å². The lowest BCUT2D eigenvalue weighted by atomic mass is 9.98. The SMILES string of the molecule is CCCCCCN1CC(=O)N2CCCCC2C1=O. The molecule has 0 bridgehead atoms. The lowest BCUT2D eigenvalue weighted by molar-refractivity contribution is -0.157. The molecule has 2 fully saturated rings. The monoisotopic (exact) mass is 252 g/mol. The Hall–Kier alpha value is -1.06. The molecule has 1 atom stereocenters. The number of rotatable bonds is 5. The number of piperidine rings is 1. The summed E-state index contributed by atoms with van der Waals surface area (Å²) in [7, 11) is 0. The van der Waals surface area contributed by atoms with Crippen molar-refractivity contribution in [2.45, 2.75) is 57.9 Å². The molecule has 0 aromatic heterocycles. The lowest BCUT2D eigenvalue weighted by Gasteiger charge is -2.42. The third-order valence-corrected chi connectivity index (χ3v) is 4.03. The zero-order valence-corrected chi connectivity index (χ0v) is 11.4. The van der Waals surface area contributed by atoms with E-state index in [0.29, 0.717) is 6.54 Å². The van der Waals surface area contributed by atoms with E-state index < -0.39 is 0 Å². The summed E-state index contributed by atoms with van der Waals surface area (Å²) in [6.07, 6.45) is 7.57. The van der Waals surface area contributed by atoms with Crippen LogP contribution in [0, 0.1) is 0 Å². The molecule has 4 heteroatoms. The average molecular weight is 252 g/mol. The van der Waals surface area contributed by atoms with Gasteiger partial charge in [0.05, 0.1) is 6.54 Å². The molecule has 1 unspecified atom stereocenters. The van der Waals surface area contributed by atoms with Crippen molar-refractivity contribution < 1.29 is 9.59 Å². The fourth-order valence-corrected chi connectivity index (χ4v) is 2.95. The second-order valence-electron chi connectivity index (χ2n) is 5.42. The molecular formula is C14H24N2O2. The minimum Gasteiger partial charge on any atom is -0.332 e. The van der Waals surface area contributed by atoms with Gasteiger partial charge >= 0.3 is 0 Å². The van der Waals surface area contributed by atoms with Gasteiger partial charge in [0.1, 0.15) is 6.04 Å². The molecule has 18 heavy (non-hydrogen) atoms. The zero-order valence-electron chi connectivity index (χ0n) is 11.4. The topological polar surface area (TPSA) is 40.6 Å². The van der Waals surface area contributed by atoms with E-state index in [4.69, 9.17) is 0 Å².